The van der Waals surface area contributed by atoms with Crippen LogP contribution in [0.2, 0.25) is 0 Å². The number of sulfonamides is 1. The molecule has 0 N–H and O–H groups in total. The molecule has 2 aromatic carbocycles. The lowest BCUT2D eigenvalue weighted by molar-refractivity contribution is -0.134. The lowest BCUT2D eigenvalue weighted by Crippen LogP contribution is -2.51. The molecule has 0 atom stereocenters. The van der Waals surface area contributed by atoms with Gasteiger partial charge in [-0.1, -0.05) is 18.2 Å². The molecule has 1 saturated heterocycles. The summed E-state index contributed by atoms with van der Waals surface area (Å²) in [7, 11) is -4.37. The van der Waals surface area contributed by atoms with Crippen molar-refractivity contribution in [3.63, 3.8) is 0 Å². The summed E-state index contributed by atoms with van der Waals surface area (Å²) in [4.78, 5) is 13.0. The Bertz CT molecular complexity index is 1050. The van der Waals surface area contributed by atoms with Crippen molar-refractivity contribution in [1.29, 1.82) is 0 Å². The molecule has 162 valence electrons. The highest BCUT2D eigenvalue weighted by atomic mass is 32.2. The number of piperazine rings is 1. The number of carbonyl (C=O) groups is 1. The Morgan fingerprint density at radius 1 is 0.967 bits per heavy atom. The largest absolute Gasteiger partial charge is 0.483 e. The molecule has 0 radical (unpaired) electrons. The van der Waals surface area contributed by atoms with E-state index < -0.39 is 32.4 Å². The fourth-order valence-electron chi connectivity index (χ4n) is 3.28. The molecule has 1 fully saturated rings. The molecule has 0 aliphatic carbocycles. The van der Waals surface area contributed by atoms with Crippen LogP contribution in [0.25, 0.3) is 0 Å². The van der Waals surface area contributed by atoms with E-state index in [-0.39, 0.29) is 38.7 Å². The summed E-state index contributed by atoms with van der Waals surface area (Å²) in [5, 5.41) is 0. The van der Waals surface area contributed by atoms with Crippen LogP contribution < -0.4 is 4.74 Å². The van der Waals surface area contributed by atoms with Crippen LogP contribution in [0, 0.1) is 31.3 Å². The normalized spacial score (nSPS) is 15.3. The molecular weight excluding hydrogens is 421 g/mol. The van der Waals surface area contributed by atoms with Gasteiger partial charge in [0.25, 0.3) is 5.91 Å². The Morgan fingerprint density at radius 3 is 2.17 bits per heavy atom. The number of ether oxygens (including phenoxy) is 1. The zero-order valence-electron chi connectivity index (χ0n) is 16.5. The van der Waals surface area contributed by atoms with Gasteiger partial charge in [-0.3, -0.25) is 4.79 Å². The summed E-state index contributed by atoms with van der Waals surface area (Å²) in [5.74, 6) is -4.75. The smallest absolute Gasteiger partial charge is 0.260 e. The number of rotatable bonds is 5. The van der Waals surface area contributed by atoms with Crippen molar-refractivity contribution in [2.45, 2.75) is 18.7 Å². The number of benzene rings is 2. The molecule has 2 aromatic rings. The van der Waals surface area contributed by atoms with E-state index in [1.165, 1.54) is 4.90 Å². The van der Waals surface area contributed by atoms with Crippen molar-refractivity contribution in [2.24, 2.45) is 0 Å². The van der Waals surface area contributed by atoms with Gasteiger partial charge in [-0.25, -0.2) is 21.6 Å². The van der Waals surface area contributed by atoms with Crippen molar-refractivity contribution < 1.29 is 31.1 Å². The van der Waals surface area contributed by atoms with Crippen molar-refractivity contribution in [3.8, 4) is 5.75 Å². The highest BCUT2D eigenvalue weighted by molar-refractivity contribution is 7.89. The van der Waals surface area contributed by atoms with Crippen LogP contribution in [0.3, 0.4) is 0 Å². The number of amides is 1. The van der Waals surface area contributed by atoms with Gasteiger partial charge < -0.3 is 9.64 Å². The minimum atomic E-state index is -4.37. The van der Waals surface area contributed by atoms with E-state index in [9.17, 15) is 26.4 Å². The van der Waals surface area contributed by atoms with Crippen LogP contribution in [0.5, 0.6) is 5.75 Å². The molecule has 10 heteroatoms. The van der Waals surface area contributed by atoms with Crippen LogP contribution >= 0.6 is 0 Å². The molecule has 0 bridgehead atoms. The van der Waals surface area contributed by atoms with Gasteiger partial charge in [0.1, 0.15) is 10.6 Å². The standard InChI is InChI=1S/C20H21F3N2O4S/c1-13-4-3-5-14(2)20(13)29-12-17(26)24-8-10-25(11-9-24)30(27,28)16-7-6-15(21)18(22)19(16)23/h3-7H,8-12H2,1-2H3. The van der Waals surface area contributed by atoms with Crippen LogP contribution in [-0.4, -0.2) is 56.3 Å². The van der Waals surface area contributed by atoms with E-state index in [0.717, 1.165) is 15.4 Å². The highest BCUT2D eigenvalue weighted by Gasteiger charge is 2.33. The third kappa shape index (κ3) is 4.29. The molecule has 1 amide bonds. The average molecular weight is 442 g/mol. The molecule has 0 aromatic heterocycles. The van der Waals surface area contributed by atoms with Gasteiger partial charge in [0, 0.05) is 26.2 Å². The second-order valence-corrected chi connectivity index (χ2v) is 8.87. The fourth-order valence-corrected chi connectivity index (χ4v) is 4.75. The van der Waals surface area contributed by atoms with Gasteiger partial charge in [-0.05, 0) is 37.1 Å². The molecule has 3 rings (SSSR count). The molecule has 0 unspecified atom stereocenters. The summed E-state index contributed by atoms with van der Waals surface area (Å²) in [5.41, 5.74) is 1.79. The van der Waals surface area contributed by atoms with Gasteiger partial charge >= 0.3 is 0 Å². The first-order valence-electron chi connectivity index (χ1n) is 9.23. The number of hydrogen-bond acceptors (Lipinski definition) is 4. The summed E-state index contributed by atoms with van der Waals surface area (Å²) in [6, 6.07) is 6.88. The Kier molecular flexibility index (Phi) is 6.37. The number of halogens is 3. The first-order chi connectivity index (χ1) is 14.1. The number of hydrogen-bond donors (Lipinski definition) is 0. The highest BCUT2D eigenvalue weighted by Crippen LogP contribution is 2.25. The second-order valence-electron chi connectivity index (χ2n) is 6.97. The van der Waals surface area contributed by atoms with E-state index in [1.54, 1.807) is 0 Å². The molecule has 6 nitrogen and oxygen atoms in total. The molecule has 30 heavy (non-hydrogen) atoms. The third-order valence-corrected chi connectivity index (χ3v) is 6.87. The zero-order chi connectivity index (χ0) is 22.1. The quantitative estimate of drug-likeness (QED) is 0.668. The maximum absolute atomic E-state index is 13.9. The minimum absolute atomic E-state index is 0.0689. The van der Waals surface area contributed by atoms with Crippen LogP contribution in [0.15, 0.2) is 35.2 Å². The van der Waals surface area contributed by atoms with E-state index >= 15 is 0 Å². The second kappa shape index (κ2) is 8.65. The average Bonchev–Trinajstić information content (AvgIpc) is 2.71. The van der Waals surface area contributed by atoms with E-state index in [2.05, 4.69) is 0 Å². The monoisotopic (exact) mass is 442 g/mol. The predicted octanol–water partition coefficient (Wildman–Crippen LogP) is 2.63. The lowest BCUT2D eigenvalue weighted by atomic mass is 10.1. The van der Waals surface area contributed by atoms with Gasteiger partial charge in [-0.2, -0.15) is 4.31 Å². The number of nitrogens with zero attached hydrogens (tertiary/aromatic N) is 2. The van der Waals surface area contributed by atoms with Crippen LogP contribution in [0.4, 0.5) is 13.2 Å². The SMILES string of the molecule is Cc1cccc(C)c1OCC(=O)N1CCN(S(=O)(=O)c2ccc(F)c(F)c2F)CC1. The Hall–Kier alpha value is -2.59. The Balaban J connectivity index is 1.63. The first-order valence-corrected chi connectivity index (χ1v) is 10.7. The van der Waals surface area contributed by atoms with Crippen LogP contribution in [0.1, 0.15) is 11.1 Å². The molecule has 0 spiro atoms. The number of aryl methyl sites for hydroxylation is 2. The third-order valence-electron chi connectivity index (χ3n) is 4.96. The Morgan fingerprint density at radius 2 is 1.57 bits per heavy atom. The number of para-hydroxylation sites is 1. The van der Waals surface area contributed by atoms with E-state index in [1.807, 2.05) is 32.0 Å². The van der Waals surface area contributed by atoms with Crippen molar-refractivity contribution in [2.75, 3.05) is 32.8 Å². The minimum Gasteiger partial charge on any atom is -0.483 e. The fraction of sp³-hybridized carbons (Fsp3) is 0.350. The first kappa shape index (κ1) is 22.1. The lowest BCUT2D eigenvalue weighted by Gasteiger charge is -2.34. The van der Waals surface area contributed by atoms with Crippen molar-refractivity contribution >= 4 is 15.9 Å². The molecule has 1 aliphatic rings. The number of carbonyl (C=O) groups excluding carboxylic acids is 1. The zero-order valence-corrected chi connectivity index (χ0v) is 17.3. The predicted molar refractivity (Wildman–Crippen MR) is 103 cm³/mol. The van der Waals surface area contributed by atoms with Crippen LogP contribution in [-0.2, 0) is 14.8 Å². The molecular formula is C20H21F3N2O4S. The summed E-state index contributed by atoms with van der Waals surface area (Å²) < 4.78 is 72.3. The molecule has 1 heterocycles. The molecule has 1 aliphatic heterocycles. The maximum atomic E-state index is 13.9. The molecule has 0 saturated carbocycles. The van der Waals surface area contributed by atoms with Gasteiger partial charge in [0.2, 0.25) is 10.0 Å². The van der Waals surface area contributed by atoms with Crippen molar-refractivity contribution in [1.82, 2.24) is 9.21 Å². The Labute approximate surface area is 172 Å². The topological polar surface area (TPSA) is 66.9 Å². The summed E-state index contributed by atoms with van der Waals surface area (Å²) in [6.45, 7) is 3.47. The van der Waals surface area contributed by atoms with Gasteiger partial charge in [0.15, 0.2) is 24.1 Å². The van der Waals surface area contributed by atoms with Crippen molar-refractivity contribution in [3.05, 3.63) is 58.9 Å². The van der Waals surface area contributed by atoms with E-state index in [0.29, 0.717) is 17.9 Å². The van der Waals surface area contributed by atoms with Gasteiger partial charge in [0.05, 0.1) is 0 Å². The summed E-state index contributed by atoms with van der Waals surface area (Å²) >= 11 is 0. The van der Waals surface area contributed by atoms with Gasteiger partial charge in [-0.15, -0.1) is 0 Å². The summed E-state index contributed by atoms with van der Waals surface area (Å²) in [6.07, 6.45) is 0. The van der Waals surface area contributed by atoms with E-state index in [4.69, 9.17) is 4.74 Å². The maximum Gasteiger partial charge on any atom is 0.260 e.